The van der Waals surface area contributed by atoms with Crippen molar-refractivity contribution in [3.8, 4) is 11.5 Å². The van der Waals surface area contributed by atoms with Crippen LogP contribution in [0.1, 0.15) is 56.1 Å². The average molecular weight is 394 g/mol. The Labute approximate surface area is 171 Å². The zero-order chi connectivity index (χ0) is 21.2. The fourth-order valence-electron chi connectivity index (χ4n) is 2.98. The largest absolute Gasteiger partial charge is 0.479 e. The van der Waals surface area contributed by atoms with E-state index < -0.39 is 12.1 Å². The summed E-state index contributed by atoms with van der Waals surface area (Å²) in [5, 5.41) is 0. The van der Waals surface area contributed by atoms with Gasteiger partial charge in [0.05, 0.1) is 12.2 Å². The van der Waals surface area contributed by atoms with Gasteiger partial charge in [-0.05, 0) is 48.6 Å². The summed E-state index contributed by atoms with van der Waals surface area (Å²) in [5.41, 5.74) is 2.65. The standard InChI is InChI=1S/C24H26O5/c1-6-27-23(26)15(2)28-18-11-12-19-20(14-18)29-21(22(19)25)13-16-7-9-17(10-8-16)24(3,4)5/h7-15H,6H2,1-5H3/b21-13-/t15-/m0/s1. The molecule has 0 saturated carbocycles. The molecule has 0 unspecified atom stereocenters. The van der Waals surface area contributed by atoms with E-state index in [0.717, 1.165) is 5.56 Å². The summed E-state index contributed by atoms with van der Waals surface area (Å²) >= 11 is 0. The minimum Gasteiger partial charge on any atom is -0.479 e. The fourth-order valence-corrected chi connectivity index (χ4v) is 2.98. The molecule has 2 aromatic rings. The van der Waals surface area contributed by atoms with Crippen LogP contribution in [-0.2, 0) is 14.9 Å². The van der Waals surface area contributed by atoms with E-state index in [1.165, 1.54) is 5.56 Å². The molecule has 0 bridgehead atoms. The molecule has 1 aliphatic heterocycles. The first-order valence-electron chi connectivity index (χ1n) is 9.71. The maximum absolute atomic E-state index is 12.6. The molecule has 1 aliphatic rings. The summed E-state index contributed by atoms with van der Waals surface area (Å²) in [7, 11) is 0. The quantitative estimate of drug-likeness (QED) is 0.531. The summed E-state index contributed by atoms with van der Waals surface area (Å²) in [5.74, 6) is 0.502. The van der Waals surface area contributed by atoms with Crippen molar-refractivity contribution in [2.75, 3.05) is 6.61 Å². The van der Waals surface area contributed by atoms with Crippen LogP contribution in [0.15, 0.2) is 48.2 Å². The molecular weight excluding hydrogens is 368 g/mol. The second kappa shape index (κ2) is 8.11. The second-order valence-corrected chi connectivity index (χ2v) is 7.98. The van der Waals surface area contributed by atoms with Crippen molar-refractivity contribution in [1.82, 2.24) is 0 Å². The number of benzene rings is 2. The molecule has 5 nitrogen and oxygen atoms in total. The van der Waals surface area contributed by atoms with Crippen LogP contribution in [0.5, 0.6) is 11.5 Å². The van der Waals surface area contributed by atoms with Crippen molar-refractivity contribution in [3.05, 3.63) is 64.9 Å². The fraction of sp³-hybridized carbons (Fsp3) is 0.333. The monoisotopic (exact) mass is 394 g/mol. The van der Waals surface area contributed by atoms with E-state index in [1.54, 1.807) is 38.1 Å². The number of allylic oxidation sites excluding steroid dienone is 1. The molecular formula is C24H26O5. The zero-order valence-corrected chi connectivity index (χ0v) is 17.4. The summed E-state index contributed by atoms with van der Waals surface area (Å²) in [6.45, 7) is 10.1. The van der Waals surface area contributed by atoms with E-state index in [9.17, 15) is 9.59 Å². The first-order chi connectivity index (χ1) is 13.7. The predicted octanol–water partition coefficient (Wildman–Crippen LogP) is 4.93. The molecule has 1 heterocycles. The summed E-state index contributed by atoms with van der Waals surface area (Å²) < 4.78 is 16.3. The van der Waals surface area contributed by atoms with Gasteiger partial charge in [-0.1, -0.05) is 45.0 Å². The number of hydrogen-bond acceptors (Lipinski definition) is 5. The number of carbonyl (C=O) groups excluding carboxylic acids is 2. The van der Waals surface area contributed by atoms with Crippen LogP contribution in [-0.4, -0.2) is 24.5 Å². The van der Waals surface area contributed by atoms with Gasteiger partial charge in [-0.15, -0.1) is 0 Å². The van der Waals surface area contributed by atoms with Crippen LogP contribution in [0.4, 0.5) is 0 Å². The van der Waals surface area contributed by atoms with Crippen LogP contribution in [0.25, 0.3) is 6.08 Å². The van der Waals surface area contributed by atoms with E-state index in [2.05, 4.69) is 32.9 Å². The first-order valence-corrected chi connectivity index (χ1v) is 9.71. The Morgan fingerprint density at radius 3 is 2.45 bits per heavy atom. The SMILES string of the molecule is CCOC(=O)[C@H](C)Oc1ccc2c(c1)O/C(=C\c1ccc(C(C)(C)C)cc1)C2=O. The van der Waals surface area contributed by atoms with Crippen molar-refractivity contribution in [2.45, 2.75) is 46.1 Å². The van der Waals surface area contributed by atoms with Crippen LogP contribution < -0.4 is 9.47 Å². The van der Waals surface area contributed by atoms with Gasteiger partial charge in [-0.25, -0.2) is 4.79 Å². The Bertz CT molecular complexity index is 948. The maximum atomic E-state index is 12.6. The van der Waals surface area contributed by atoms with Crippen molar-refractivity contribution in [2.24, 2.45) is 0 Å². The lowest BCUT2D eigenvalue weighted by molar-refractivity contribution is -0.150. The molecule has 152 valence electrons. The first kappa shape index (κ1) is 20.6. The van der Waals surface area contributed by atoms with Gasteiger partial charge in [0.25, 0.3) is 0 Å². The number of carbonyl (C=O) groups is 2. The van der Waals surface area contributed by atoms with Crippen LogP contribution in [0, 0.1) is 0 Å². The number of hydrogen-bond donors (Lipinski definition) is 0. The molecule has 0 aromatic heterocycles. The predicted molar refractivity (Wildman–Crippen MR) is 111 cm³/mol. The average Bonchev–Trinajstić information content (AvgIpc) is 2.96. The molecule has 5 heteroatoms. The number of esters is 1. The Morgan fingerprint density at radius 2 is 1.83 bits per heavy atom. The van der Waals surface area contributed by atoms with Crippen LogP contribution >= 0.6 is 0 Å². The third kappa shape index (κ3) is 4.67. The third-order valence-corrected chi connectivity index (χ3v) is 4.65. The maximum Gasteiger partial charge on any atom is 0.347 e. The summed E-state index contributed by atoms with van der Waals surface area (Å²) in [4.78, 5) is 24.4. The number of ether oxygens (including phenoxy) is 3. The van der Waals surface area contributed by atoms with E-state index in [-0.39, 0.29) is 17.0 Å². The molecule has 0 amide bonds. The molecule has 0 fully saturated rings. The highest BCUT2D eigenvalue weighted by molar-refractivity contribution is 6.14. The Hall–Kier alpha value is -3.08. The lowest BCUT2D eigenvalue weighted by atomic mass is 9.86. The summed E-state index contributed by atoms with van der Waals surface area (Å²) in [6, 6.07) is 13.0. The van der Waals surface area contributed by atoms with Crippen molar-refractivity contribution in [1.29, 1.82) is 0 Å². The topological polar surface area (TPSA) is 61.8 Å². The normalized spacial score (nSPS) is 15.6. The number of ketones is 1. The van der Waals surface area contributed by atoms with Gasteiger partial charge in [0.1, 0.15) is 11.5 Å². The van der Waals surface area contributed by atoms with Gasteiger partial charge in [0, 0.05) is 6.07 Å². The van der Waals surface area contributed by atoms with Crippen LogP contribution in [0.2, 0.25) is 0 Å². The number of rotatable bonds is 5. The van der Waals surface area contributed by atoms with Gasteiger partial charge in [0.15, 0.2) is 11.9 Å². The minimum atomic E-state index is -0.749. The number of Topliss-reactive ketones (excluding diaryl/α,β-unsaturated/α-hetero) is 1. The molecule has 0 spiro atoms. The van der Waals surface area contributed by atoms with E-state index in [0.29, 0.717) is 23.7 Å². The highest BCUT2D eigenvalue weighted by Gasteiger charge is 2.28. The molecule has 2 aromatic carbocycles. The van der Waals surface area contributed by atoms with Gasteiger partial charge in [-0.2, -0.15) is 0 Å². The van der Waals surface area contributed by atoms with E-state index in [1.807, 2.05) is 12.1 Å². The molecule has 0 saturated heterocycles. The Morgan fingerprint density at radius 1 is 1.14 bits per heavy atom. The lowest BCUT2D eigenvalue weighted by Crippen LogP contribution is -2.26. The molecule has 0 aliphatic carbocycles. The molecule has 1 atom stereocenters. The van der Waals surface area contributed by atoms with Crippen molar-refractivity contribution >= 4 is 17.8 Å². The molecule has 0 N–H and O–H groups in total. The molecule has 0 radical (unpaired) electrons. The lowest BCUT2D eigenvalue weighted by Gasteiger charge is -2.18. The smallest absolute Gasteiger partial charge is 0.347 e. The Balaban J connectivity index is 1.76. The van der Waals surface area contributed by atoms with Crippen molar-refractivity contribution < 1.29 is 23.8 Å². The van der Waals surface area contributed by atoms with Crippen molar-refractivity contribution in [3.63, 3.8) is 0 Å². The van der Waals surface area contributed by atoms with E-state index in [4.69, 9.17) is 14.2 Å². The third-order valence-electron chi connectivity index (χ3n) is 4.65. The second-order valence-electron chi connectivity index (χ2n) is 7.98. The van der Waals surface area contributed by atoms with Gasteiger partial charge in [-0.3, -0.25) is 4.79 Å². The molecule has 29 heavy (non-hydrogen) atoms. The Kier molecular flexibility index (Phi) is 5.78. The number of fused-ring (bicyclic) bond motifs is 1. The minimum absolute atomic E-state index is 0.0681. The van der Waals surface area contributed by atoms with Gasteiger partial charge < -0.3 is 14.2 Å². The van der Waals surface area contributed by atoms with Crippen LogP contribution in [0.3, 0.4) is 0 Å². The molecule has 3 rings (SSSR count). The van der Waals surface area contributed by atoms with Gasteiger partial charge >= 0.3 is 5.97 Å². The van der Waals surface area contributed by atoms with E-state index >= 15 is 0 Å². The summed E-state index contributed by atoms with van der Waals surface area (Å²) in [6.07, 6.45) is 0.984. The zero-order valence-electron chi connectivity index (χ0n) is 17.4. The highest BCUT2D eigenvalue weighted by Crippen LogP contribution is 2.35. The highest BCUT2D eigenvalue weighted by atomic mass is 16.6. The van der Waals surface area contributed by atoms with Gasteiger partial charge in [0.2, 0.25) is 5.78 Å².